The van der Waals surface area contributed by atoms with Crippen LogP contribution >= 0.6 is 0 Å². The Morgan fingerprint density at radius 2 is 1.65 bits per heavy atom. The van der Waals surface area contributed by atoms with Crippen LogP contribution in [0.5, 0.6) is 0 Å². The number of aryl methyl sites for hydroxylation is 1. The van der Waals surface area contributed by atoms with Gasteiger partial charge in [-0.15, -0.1) is 10.2 Å². The molecule has 5 nitrogen and oxygen atoms in total. The van der Waals surface area contributed by atoms with Crippen LogP contribution in [0.15, 0.2) is 42.5 Å². The highest BCUT2D eigenvalue weighted by atomic mass is 16.2. The molecule has 0 aliphatic carbocycles. The van der Waals surface area contributed by atoms with Crippen LogP contribution in [0.3, 0.4) is 0 Å². The summed E-state index contributed by atoms with van der Waals surface area (Å²) in [4.78, 5) is 13.8. The zero-order valence-electron chi connectivity index (χ0n) is 13.8. The minimum Gasteiger partial charge on any atom is -0.325 e. The van der Waals surface area contributed by atoms with Crippen LogP contribution in [-0.4, -0.2) is 20.9 Å². The molecule has 2 aromatic carbocycles. The molecule has 0 bridgehead atoms. The van der Waals surface area contributed by atoms with Crippen molar-refractivity contribution in [3.05, 3.63) is 48.0 Å². The van der Waals surface area contributed by atoms with E-state index in [9.17, 15) is 4.79 Å². The van der Waals surface area contributed by atoms with Gasteiger partial charge in [0.2, 0.25) is 5.91 Å². The molecule has 1 heterocycles. The number of hydrogen-bond donors (Lipinski definition) is 1. The molecule has 0 aliphatic rings. The first-order valence-electron chi connectivity index (χ1n) is 7.59. The predicted molar refractivity (Wildman–Crippen MR) is 91.7 cm³/mol. The molecule has 0 fully saturated rings. The highest BCUT2D eigenvalue weighted by Crippen LogP contribution is 2.24. The summed E-state index contributed by atoms with van der Waals surface area (Å²) in [6.07, 6.45) is 0. The van der Waals surface area contributed by atoms with Crippen molar-refractivity contribution >= 4 is 22.6 Å². The summed E-state index contributed by atoms with van der Waals surface area (Å²) in [5, 5.41) is 12.0. The predicted octanol–water partition coefficient (Wildman–Crippen LogP) is 3.71. The molecule has 1 aromatic heterocycles. The van der Waals surface area contributed by atoms with Crippen LogP contribution in [-0.2, 0) is 4.79 Å². The molecule has 0 aliphatic heterocycles. The first-order chi connectivity index (χ1) is 10.8. The Labute approximate surface area is 135 Å². The standard InChI is InChI=1S/C18H20N4O/c1-12-10-15-16(11-14(12)19-17(23)18(2,3)4)21-22(20-15)13-8-6-5-7-9-13/h5-11H,1-4H3,(H,19,23). The second-order valence-electron chi connectivity index (χ2n) is 6.68. The van der Waals surface area contributed by atoms with Crippen molar-refractivity contribution in [1.82, 2.24) is 15.0 Å². The fraction of sp³-hybridized carbons (Fsp3) is 0.278. The van der Waals surface area contributed by atoms with E-state index in [0.29, 0.717) is 0 Å². The Balaban J connectivity index is 2.00. The molecular formula is C18H20N4O. The van der Waals surface area contributed by atoms with Crippen LogP contribution in [0.2, 0.25) is 0 Å². The molecule has 0 atom stereocenters. The van der Waals surface area contributed by atoms with E-state index in [1.807, 2.05) is 70.2 Å². The van der Waals surface area contributed by atoms with E-state index in [2.05, 4.69) is 15.5 Å². The van der Waals surface area contributed by atoms with Gasteiger partial charge >= 0.3 is 0 Å². The molecule has 1 amide bonds. The minimum absolute atomic E-state index is 0.0181. The van der Waals surface area contributed by atoms with Crippen molar-refractivity contribution in [2.45, 2.75) is 27.7 Å². The van der Waals surface area contributed by atoms with Gasteiger partial charge in [-0.25, -0.2) is 0 Å². The number of fused-ring (bicyclic) bond motifs is 1. The molecule has 0 saturated carbocycles. The first kappa shape index (κ1) is 15.2. The van der Waals surface area contributed by atoms with Gasteiger partial charge in [-0.3, -0.25) is 4.79 Å². The maximum Gasteiger partial charge on any atom is 0.229 e. The van der Waals surface area contributed by atoms with Crippen molar-refractivity contribution in [2.75, 3.05) is 5.32 Å². The Morgan fingerprint density at radius 1 is 1.04 bits per heavy atom. The summed E-state index contributed by atoms with van der Waals surface area (Å²) in [7, 11) is 0. The van der Waals surface area contributed by atoms with Crippen molar-refractivity contribution in [3.63, 3.8) is 0 Å². The molecule has 5 heteroatoms. The lowest BCUT2D eigenvalue weighted by atomic mass is 9.95. The quantitative estimate of drug-likeness (QED) is 0.785. The average Bonchev–Trinajstić information content (AvgIpc) is 2.90. The maximum atomic E-state index is 12.2. The van der Waals surface area contributed by atoms with E-state index in [4.69, 9.17) is 0 Å². The second kappa shape index (κ2) is 5.50. The van der Waals surface area contributed by atoms with Gasteiger partial charge in [-0.05, 0) is 36.8 Å². The number of anilines is 1. The minimum atomic E-state index is -0.441. The summed E-state index contributed by atoms with van der Waals surface area (Å²) >= 11 is 0. The molecule has 0 spiro atoms. The lowest BCUT2D eigenvalue weighted by molar-refractivity contribution is -0.123. The lowest BCUT2D eigenvalue weighted by Gasteiger charge is -2.18. The van der Waals surface area contributed by atoms with E-state index in [-0.39, 0.29) is 5.91 Å². The number of aromatic nitrogens is 3. The molecule has 0 unspecified atom stereocenters. The fourth-order valence-electron chi connectivity index (χ4n) is 2.19. The Bertz CT molecular complexity index is 860. The van der Waals surface area contributed by atoms with E-state index in [1.54, 1.807) is 4.80 Å². The monoisotopic (exact) mass is 308 g/mol. The Morgan fingerprint density at radius 3 is 2.26 bits per heavy atom. The molecule has 3 rings (SSSR count). The smallest absolute Gasteiger partial charge is 0.229 e. The number of nitrogens with zero attached hydrogens (tertiary/aromatic N) is 3. The zero-order chi connectivity index (χ0) is 16.6. The van der Waals surface area contributed by atoms with E-state index in [0.717, 1.165) is 28.0 Å². The second-order valence-corrected chi connectivity index (χ2v) is 6.68. The average molecular weight is 308 g/mol. The number of amides is 1. The van der Waals surface area contributed by atoms with Gasteiger partial charge in [0.25, 0.3) is 0 Å². The molecule has 118 valence electrons. The number of para-hydroxylation sites is 1. The summed E-state index contributed by atoms with van der Waals surface area (Å²) in [6, 6.07) is 13.6. The van der Waals surface area contributed by atoms with Gasteiger partial charge in [-0.2, -0.15) is 4.80 Å². The summed E-state index contributed by atoms with van der Waals surface area (Å²) in [5.41, 5.74) is 3.77. The summed E-state index contributed by atoms with van der Waals surface area (Å²) in [5.74, 6) is -0.0181. The molecule has 0 radical (unpaired) electrons. The van der Waals surface area contributed by atoms with Crippen LogP contribution in [0.1, 0.15) is 26.3 Å². The molecule has 3 aromatic rings. The SMILES string of the molecule is Cc1cc2nn(-c3ccccc3)nc2cc1NC(=O)C(C)(C)C. The van der Waals surface area contributed by atoms with Gasteiger partial charge in [0.1, 0.15) is 11.0 Å². The van der Waals surface area contributed by atoms with Gasteiger partial charge in [-0.1, -0.05) is 39.0 Å². The van der Waals surface area contributed by atoms with Crippen LogP contribution in [0.25, 0.3) is 16.7 Å². The van der Waals surface area contributed by atoms with Crippen molar-refractivity contribution in [2.24, 2.45) is 5.41 Å². The number of rotatable bonds is 2. The third-order valence-corrected chi connectivity index (χ3v) is 3.64. The van der Waals surface area contributed by atoms with Crippen molar-refractivity contribution in [3.8, 4) is 5.69 Å². The summed E-state index contributed by atoms with van der Waals surface area (Å²) < 4.78 is 0. The number of carbonyl (C=O) groups is 1. The largest absolute Gasteiger partial charge is 0.325 e. The number of carbonyl (C=O) groups excluding carboxylic acids is 1. The lowest BCUT2D eigenvalue weighted by Crippen LogP contribution is -2.27. The molecule has 0 saturated heterocycles. The maximum absolute atomic E-state index is 12.2. The third-order valence-electron chi connectivity index (χ3n) is 3.64. The first-order valence-corrected chi connectivity index (χ1v) is 7.59. The van der Waals surface area contributed by atoms with Crippen LogP contribution in [0.4, 0.5) is 5.69 Å². The number of hydrogen-bond acceptors (Lipinski definition) is 3. The van der Waals surface area contributed by atoms with Gasteiger partial charge in [0.15, 0.2) is 0 Å². The molecule has 1 N–H and O–H groups in total. The van der Waals surface area contributed by atoms with Crippen molar-refractivity contribution in [1.29, 1.82) is 0 Å². The summed E-state index contributed by atoms with van der Waals surface area (Å²) in [6.45, 7) is 7.63. The Hall–Kier alpha value is -2.69. The third kappa shape index (κ3) is 3.08. The molecular weight excluding hydrogens is 288 g/mol. The fourth-order valence-corrected chi connectivity index (χ4v) is 2.19. The zero-order valence-corrected chi connectivity index (χ0v) is 13.8. The highest BCUT2D eigenvalue weighted by Gasteiger charge is 2.22. The van der Waals surface area contributed by atoms with E-state index in [1.165, 1.54) is 0 Å². The Kier molecular flexibility index (Phi) is 3.64. The van der Waals surface area contributed by atoms with E-state index < -0.39 is 5.41 Å². The molecule has 23 heavy (non-hydrogen) atoms. The number of nitrogens with one attached hydrogen (secondary N) is 1. The van der Waals surface area contributed by atoms with Crippen LogP contribution < -0.4 is 5.32 Å². The van der Waals surface area contributed by atoms with E-state index >= 15 is 0 Å². The van der Waals surface area contributed by atoms with Gasteiger partial charge < -0.3 is 5.32 Å². The van der Waals surface area contributed by atoms with Gasteiger partial charge in [0, 0.05) is 11.1 Å². The number of benzene rings is 2. The van der Waals surface area contributed by atoms with Crippen molar-refractivity contribution < 1.29 is 4.79 Å². The van der Waals surface area contributed by atoms with Crippen LogP contribution in [0, 0.1) is 12.3 Å². The topological polar surface area (TPSA) is 59.8 Å². The normalized spacial score (nSPS) is 11.7. The highest BCUT2D eigenvalue weighted by molar-refractivity contribution is 5.97. The van der Waals surface area contributed by atoms with Gasteiger partial charge in [0.05, 0.1) is 5.69 Å².